The lowest BCUT2D eigenvalue weighted by Crippen LogP contribution is -2.49. The summed E-state index contributed by atoms with van der Waals surface area (Å²) in [6.07, 6.45) is 2.22. The van der Waals surface area contributed by atoms with Crippen molar-refractivity contribution in [2.24, 2.45) is 0 Å². The second-order valence-electron chi connectivity index (χ2n) is 5.59. The number of hydrogen-bond acceptors (Lipinski definition) is 2. The van der Waals surface area contributed by atoms with Crippen LogP contribution < -0.4 is 10.2 Å². The van der Waals surface area contributed by atoms with Crippen molar-refractivity contribution in [2.75, 3.05) is 4.90 Å². The average Bonchev–Trinajstić information content (AvgIpc) is 2.55. The summed E-state index contributed by atoms with van der Waals surface area (Å²) < 4.78 is 0. The number of amides is 2. The minimum Gasteiger partial charge on any atom is -0.352 e. The summed E-state index contributed by atoms with van der Waals surface area (Å²) in [4.78, 5) is 26.2. The Labute approximate surface area is 120 Å². The Bertz CT molecular complexity index is 511. The van der Waals surface area contributed by atoms with E-state index in [-0.39, 0.29) is 17.9 Å². The first-order chi connectivity index (χ1) is 9.50. The van der Waals surface area contributed by atoms with Crippen LogP contribution in [0.4, 0.5) is 5.69 Å². The molecule has 1 aromatic carbocycles. The summed E-state index contributed by atoms with van der Waals surface area (Å²) >= 11 is 0. The van der Waals surface area contributed by atoms with Crippen LogP contribution in [-0.2, 0) is 16.0 Å². The van der Waals surface area contributed by atoms with Gasteiger partial charge in [0.2, 0.25) is 11.8 Å². The summed E-state index contributed by atoms with van der Waals surface area (Å²) in [5, 5.41) is 2.88. The Balaban J connectivity index is 2.32. The summed E-state index contributed by atoms with van der Waals surface area (Å²) in [5.74, 6) is -0.0774. The van der Waals surface area contributed by atoms with E-state index in [1.165, 1.54) is 0 Å². The van der Waals surface area contributed by atoms with E-state index in [9.17, 15) is 9.59 Å². The number of benzene rings is 1. The van der Waals surface area contributed by atoms with Gasteiger partial charge in [0, 0.05) is 18.2 Å². The second-order valence-corrected chi connectivity index (χ2v) is 5.59. The van der Waals surface area contributed by atoms with E-state index in [2.05, 4.69) is 5.32 Å². The predicted octanol–water partition coefficient (Wildman–Crippen LogP) is 2.27. The van der Waals surface area contributed by atoms with Crippen LogP contribution in [0, 0.1) is 0 Å². The van der Waals surface area contributed by atoms with E-state index in [4.69, 9.17) is 0 Å². The van der Waals surface area contributed by atoms with Crippen LogP contribution >= 0.6 is 0 Å². The molecule has 20 heavy (non-hydrogen) atoms. The second kappa shape index (κ2) is 6.07. The number of fused-ring (bicyclic) bond motifs is 1. The Kier molecular flexibility index (Phi) is 4.42. The number of aryl methyl sites for hydroxylation is 1. The molecule has 0 aromatic heterocycles. The van der Waals surface area contributed by atoms with Crippen molar-refractivity contribution >= 4 is 17.5 Å². The molecule has 0 spiro atoms. The smallest absolute Gasteiger partial charge is 0.243 e. The van der Waals surface area contributed by atoms with Gasteiger partial charge in [-0.15, -0.1) is 0 Å². The highest BCUT2D eigenvalue weighted by Crippen LogP contribution is 2.28. The molecular weight excluding hydrogens is 252 g/mol. The molecule has 1 N–H and O–H groups in total. The quantitative estimate of drug-likeness (QED) is 0.919. The SMILES string of the molecule is CC(C)NC(=O)[C@H](C)N1C(=O)CCCc2ccccc21. The van der Waals surface area contributed by atoms with E-state index < -0.39 is 6.04 Å². The number of carbonyl (C=O) groups is 2. The fourth-order valence-electron chi connectivity index (χ4n) is 2.59. The molecule has 0 saturated carbocycles. The van der Waals surface area contributed by atoms with Gasteiger partial charge in [-0.2, -0.15) is 0 Å². The molecule has 4 nitrogen and oxygen atoms in total. The summed E-state index contributed by atoms with van der Waals surface area (Å²) in [7, 11) is 0. The fourth-order valence-corrected chi connectivity index (χ4v) is 2.59. The van der Waals surface area contributed by atoms with Crippen LogP contribution in [0.15, 0.2) is 24.3 Å². The van der Waals surface area contributed by atoms with E-state index in [1.807, 2.05) is 38.1 Å². The highest BCUT2D eigenvalue weighted by atomic mass is 16.2. The molecule has 1 aliphatic rings. The van der Waals surface area contributed by atoms with Crippen LogP contribution in [0.1, 0.15) is 39.2 Å². The molecule has 1 aliphatic heterocycles. The van der Waals surface area contributed by atoms with Crippen LogP contribution in [0.3, 0.4) is 0 Å². The molecule has 0 radical (unpaired) electrons. The lowest BCUT2D eigenvalue weighted by atomic mass is 10.1. The van der Waals surface area contributed by atoms with Crippen molar-refractivity contribution in [1.82, 2.24) is 5.32 Å². The molecule has 108 valence electrons. The third kappa shape index (κ3) is 3.00. The van der Waals surface area contributed by atoms with Crippen LogP contribution in [0.2, 0.25) is 0 Å². The third-order valence-corrected chi connectivity index (χ3v) is 3.55. The van der Waals surface area contributed by atoms with E-state index in [0.29, 0.717) is 6.42 Å². The van der Waals surface area contributed by atoms with Gasteiger partial charge in [-0.25, -0.2) is 0 Å². The molecule has 0 fully saturated rings. The first kappa shape index (κ1) is 14.6. The zero-order valence-electron chi connectivity index (χ0n) is 12.3. The number of nitrogens with zero attached hydrogens (tertiary/aromatic N) is 1. The lowest BCUT2D eigenvalue weighted by molar-refractivity contribution is -0.126. The maximum atomic E-state index is 12.4. The van der Waals surface area contributed by atoms with Crippen molar-refractivity contribution in [3.8, 4) is 0 Å². The number of carbonyl (C=O) groups excluding carboxylic acids is 2. The Morgan fingerprint density at radius 1 is 1.20 bits per heavy atom. The lowest BCUT2D eigenvalue weighted by Gasteiger charge is -2.29. The third-order valence-electron chi connectivity index (χ3n) is 3.55. The van der Waals surface area contributed by atoms with E-state index in [1.54, 1.807) is 11.8 Å². The Morgan fingerprint density at radius 3 is 2.60 bits per heavy atom. The van der Waals surface area contributed by atoms with Crippen molar-refractivity contribution in [1.29, 1.82) is 0 Å². The molecule has 0 bridgehead atoms. The van der Waals surface area contributed by atoms with E-state index >= 15 is 0 Å². The summed E-state index contributed by atoms with van der Waals surface area (Å²) in [5.41, 5.74) is 2.02. The van der Waals surface area contributed by atoms with Gasteiger partial charge in [-0.3, -0.25) is 14.5 Å². The van der Waals surface area contributed by atoms with Crippen LogP contribution in [0.25, 0.3) is 0 Å². The van der Waals surface area contributed by atoms with Crippen molar-refractivity contribution in [3.05, 3.63) is 29.8 Å². The largest absolute Gasteiger partial charge is 0.352 e. The van der Waals surface area contributed by atoms with Crippen molar-refractivity contribution in [2.45, 2.75) is 52.1 Å². The molecule has 0 aliphatic carbocycles. The molecule has 1 atom stereocenters. The van der Waals surface area contributed by atoms with Gasteiger partial charge in [0.25, 0.3) is 0 Å². The number of nitrogens with one attached hydrogen (secondary N) is 1. The van der Waals surface area contributed by atoms with Gasteiger partial charge in [0.15, 0.2) is 0 Å². The number of rotatable bonds is 3. The Hall–Kier alpha value is -1.84. The molecule has 2 amide bonds. The predicted molar refractivity (Wildman–Crippen MR) is 79.6 cm³/mol. The molecule has 4 heteroatoms. The maximum absolute atomic E-state index is 12.4. The zero-order valence-corrected chi connectivity index (χ0v) is 12.3. The van der Waals surface area contributed by atoms with Gasteiger partial charge in [-0.1, -0.05) is 18.2 Å². The minimum atomic E-state index is -0.482. The van der Waals surface area contributed by atoms with E-state index in [0.717, 1.165) is 24.1 Å². The first-order valence-electron chi connectivity index (χ1n) is 7.21. The van der Waals surface area contributed by atoms with Gasteiger partial charge < -0.3 is 5.32 Å². The summed E-state index contributed by atoms with van der Waals surface area (Å²) in [6.45, 7) is 5.63. The molecule has 0 saturated heterocycles. The normalized spacial score (nSPS) is 16.6. The summed E-state index contributed by atoms with van der Waals surface area (Å²) in [6, 6.07) is 7.45. The molecule has 0 unspecified atom stereocenters. The van der Waals surface area contributed by atoms with Crippen LogP contribution in [-0.4, -0.2) is 23.9 Å². The zero-order chi connectivity index (χ0) is 14.7. The van der Waals surface area contributed by atoms with Gasteiger partial charge in [0.05, 0.1) is 0 Å². The fraction of sp³-hybridized carbons (Fsp3) is 0.500. The highest BCUT2D eigenvalue weighted by Gasteiger charge is 2.30. The number of para-hydroxylation sites is 1. The number of anilines is 1. The first-order valence-corrected chi connectivity index (χ1v) is 7.21. The molecular formula is C16H22N2O2. The topological polar surface area (TPSA) is 49.4 Å². The average molecular weight is 274 g/mol. The molecule has 2 rings (SSSR count). The van der Waals surface area contributed by atoms with Gasteiger partial charge in [-0.05, 0) is 45.2 Å². The molecule has 1 heterocycles. The van der Waals surface area contributed by atoms with Crippen molar-refractivity contribution < 1.29 is 9.59 Å². The maximum Gasteiger partial charge on any atom is 0.243 e. The number of hydrogen-bond donors (Lipinski definition) is 1. The minimum absolute atomic E-state index is 0.0290. The Morgan fingerprint density at radius 2 is 1.90 bits per heavy atom. The highest BCUT2D eigenvalue weighted by molar-refractivity contribution is 6.01. The standard InChI is InChI=1S/C16H22N2O2/c1-11(2)17-16(20)12(3)18-14-9-5-4-7-13(14)8-6-10-15(18)19/h4-5,7,9,11-12H,6,8,10H2,1-3H3,(H,17,20)/t12-/m0/s1. The van der Waals surface area contributed by atoms with Gasteiger partial charge in [0.1, 0.15) is 6.04 Å². The van der Waals surface area contributed by atoms with Crippen molar-refractivity contribution in [3.63, 3.8) is 0 Å². The molecule has 1 aromatic rings. The monoisotopic (exact) mass is 274 g/mol. The van der Waals surface area contributed by atoms with Gasteiger partial charge >= 0.3 is 0 Å². The van der Waals surface area contributed by atoms with Crippen LogP contribution in [0.5, 0.6) is 0 Å².